The lowest BCUT2D eigenvalue weighted by Gasteiger charge is -2.27. The molecule has 4 nitrogen and oxygen atoms in total. The van der Waals surface area contributed by atoms with Gasteiger partial charge in [0.25, 0.3) is 5.91 Å². The molecule has 2 rings (SSSR count). The van der Waals surface area contributed by atoms with Gasteiger partial charge < -0.3 is 10.4 Å². The van der Waals surface area contributed by atoms with Crippen LogP contribution in [0.3, 0.4) is 0 Å². The third-order valence-corrected chi connectivity index (χ3v) is 4.98. The van der Waals surface area contributed by atoms with Crippen molar-refractivity contribution in [1.82, 2.24) is 5.32 Å². The van der Waals surface area contributed by atoms with Crippen LogP contribution >= 0.6 is 11.3 Å². The summed E-state index contributed by atoms with van der Waals surface area (Å²) in [6, 6.07) is 1.66. The zero-order chi connectivity index (χ0) is 14.5. The lowest BCUT2D eigenvalue weighted by atomic mass is 9.86. The minimum absolute atomic E-state index is 0.130. The van der Waals surface area contributed by atoms with Crippen LogP contribution in [0.2, 0.25) is 0 Å². The summed E-state index contributed by atoms with van der Waals surface area (Å²) in [4.78, 5) is 24.4. The molecule has 0 saturated heterocycles. The minimum Gasteiger partial charge on any atom is -0.481 e. The minimum atomic E-state index is -0.792. The van der Waals surface area contributed by atoms with Gasteiger partial charge >= 0.3 is 5.97 Å². The summed E-state index contributed by atoms with van der Waals surface area (Å²) in [5, 5.41) is 14.2. The summed E-state index contributed by atoms with van der Waals surface area (Å²) in [5.41, 5.74) is 0.949. The standard InChI is InChI=1S/C15H21NO3S/c1-10-8-9-20-13(10)14(17)16-12-7-5-3-2-4-6-11(12)15(18)19/h8-9,11-12H,2-7H2,1H3,(H,16,17)(H,18,19). The maximum atomic E-state index is 12.3. The molecule has 2 N–H and O–H groups in total. The summed E-state index contributed by atoms with van der Waals surface area (Å²) in [5.74, 6) is -1.38. The quantitative estimate of drug-likeness (QED) is 0.900. The van der Waals surface area contributed by atoms with Crippen molar-refractivity contribution in [1.29, 1.82) is 0 Å². The topological polar surface area (TPSA) is 66.4 Å². The zero-order valence-electron chi connectivity index (χ0n) is 11.7. The van der Waals surface area contributed by atoms with E-state index in [1.54, 1.807) is 0 Å². The van der Waals surface area contributed by atoms with Crippen molar-refractivity contribution < 1.29 is 14.7 Å². The molecule has 1 aliphatic carbocycles. The molecular weight excluding hydrogens is 274 g/mol. The molecule has 0 aliphatic heterocycles. The second-order valence-electron chi connectivity index (χ2n) is 5.45. The number of hydrogen-bond acceptors (Lipinski definition) is 3. The molecule has 1 amide bonds. The summed E-state index contributed by atoms with van der Waals surface area (Å²) in [6.45, 7) is 1.90. The molecule has 1 aliphatic rings. The van der Waals surface area contributed by atoms with Gasteiger partial charge in [-0.25, -0.2) is 0 Å². The number of nitrogens with one attached hydrogen (secondary N) is 1. The van der Waals surface area contributed by atoms with Crippen molar-refractivity contribution in [2.24, 2.45) is 5.92 Å². The average molecular weight is 295 g/mol. The number of carboxylic acids is 1. The van der Waals surface area contributed by atoms with Crippen molar-refractivity contribution >= 4 is 23.2 Å². The largest absolute Gasteiger partial charge is 0.481 e. The van der Waals surface area contributed by atoms with Gasteiger partial charge in [-0.05, 0) is 36.8 Å². The third-order valence-electron chi connectivity index (χ3n) is 3.97. The molecule has 1 aromatic rings. The van der Waals surface area contributed by atoms with E-state index >= 15 is 0 Å². The molecule has 1 saturated carbocycles. The Morgan fingerprint density at radius 1 is 1.25 bits per heavy atom. The first-order valence-corrected chi connectivity index (χ1v) is 8.05. The molecular formula is C15H21NO3S. The first-order chi connectivity index (χ1) is 9.59. The number of carbonyl (C=O) groups excluding carboxylic acids is 1. The molecule has 2 atom stereocenters. The number of aryl methyl sites for hydroxylation is 1. The van der Waals surface area contributed by atoms with Gasteiger partial charge in [-0.2, -0.15) is 0 Å². The van der Waals surface area contributed by atoms with Gasteiger partial charge in [0.2, 0.25) is 0 Å². The van der Waals surface area contributed by atoms with Gasteiger partial charge in [0, 0.05) is 6.04 Å². The number of carboxylic acid groups (broad SMARTS) is 1. The summed E-state index contributed by atoms with van der Waals surface area (Å²) in [6.07, 6.45) is 5.54. The summed E-state index contributed by atoms with van der Waals surface area (Å²) >= 11 is 1.41. The fourth-order valence-corrected chi connectivity index (χ4v) is 3.62. The fourth-order valence-electron chi connectivity index (χ4n) is 2.79. The van der Waals surface area contributed by atoms with Crippen LogP contribution in [0, 0.1) is 12.8 Å². The van der Waals surface area contributed by atoms with Gasteiger partial charge in [-0.15, -0.1) is 11.3 Å². The molecule has 1 aromatic heterocycles. The lowest BCUT2D eigenvalue weighted by Crippen LogP contribution is -2.43. The number of amides is 1. The number of aliphatic carboxylic acids is 1. The van der Waals surface area contributed by atoms with E-state index in [9.17, 15) is 14.7 Å². The zero-order valence-corrected chi connectivity index (χ0v) is 12.5. The van der Waals surface area contributed by atoms with Gasteiger partial charge in [-0.3, -0.25) is 9.59 Å². The van der Waals surface area contributed by atoms with Crippen LogP contribution in [0.4, 0.5) is 0 Å². The van der Waals surface area contributed by atoms with E-state index < -0.39 is 11.9 Å². The molecule has 1 fully saturated rings. The average Bonchev–Trinajstić information content (AvgIpc) is 2.78. The number of rotatable bonds is 3. The highest BCUT2D eigenvalue weighted by Gasteiger charge is 2.30. The van der Waals surface area contributed by atoms with Crippen LogP contribution < -0.4 is 5.32 Å². The predicted octanol–water partition coefficient (Wildman–Crippen LogP) is 3.21. The normalized spacial score (nSPS) is 23.6. The third kappa shape index (κ3) is 3.60. The Morgan fingerprint density at radius 3 is 2.55 bits per heavy atom. The Hall–Kier alpha value is -1.36. The first kappa shape index (κ1) is 15.0. The van der Waals surface area contributed by atoms with Crippen molar-refractivity contribution in [3.05, 3.63) is 21.9 Å². The smallest absolute Gasteiger partial charge is 0.308 e. The Morgan fingerprint density at radius 2 is 1.95 bits per heavy atom. The Balaban J connectivity index is 2.08. The summed E-state index contributed by atoms with van der Waals surface area (Å²) < 4.78 is 0. The van der Waals surface area contributed by atoms with E-state index in [1.807, 2.05) is 18.4 Å². The second-order valence-corrected chi connectivity index (χ2v) is 6.37. The molecule has 1 heterocycles. The van der Waals surface area contributed by atoms with E-state index in [1.165, 1.54) is 11.3 Å². The first-order valence-electron chi connectivity index (χ1n) is 7.17. The monoisotopic (exact) mass is 295 g/mol. The maximum absolute atomic E-state index is 12.3. The molecule has 0 bridgehead atoms. The molecule has 0 aromatic carbocycles. The van der Waals surface area contributed by atoms with E-state index in [2.05, 4.69) is 5.32 Å². The molecule has 2 unspecified atom stereocenters. The number of carbonyl (C=O) groups is 2. The van der Waals surface area contributed by atoms with Gasteiger partial charge in [0.1, 0.15) is 0 Å². The highest BCUT2D eigenvalue weighted by molar-refractivity contribution is 7.12. The molecule has 20 heavy (non-hydrogen) atoms. The second kappa shape index (κ2) is 6.88. The summed E-state index contributed by atoms with van der Waals surface area (Å²) in [7, 11) is 0. The maximum Gasteiger partial charge on any atom is 0.308 e. The molecule has 0 radical (unpaired) electrons. The number of thiophene rings is 1. The Kier molecular flexibility index (Phi) is 5.17. The molecule has 0 spiro atoms. The van der Waals surface area contributed by atoms with E-state index in [-0.39, 0.29) is 11.9 Å². The van der Waals surface area contributed by atoms with Crippen LogP contribution in [0.25, 0.3) is 0 Å². The van der Waals surface area contributed by atoms with Crippen LogP contribution in [0.1, 0.15) is 53.8 Å². The van der Waals surface area contributed by atoms with Gasteiger partial charge in [0.15, 0.2) is 0 Å². The fraction of sp³-hybridized carbons (Fsp3) is 0.600. The Bertz CT molecular complexity index is 483. The van der Waals surface area contributed by atoms with E-state index in [0.29, 0.717) is 11.3 Å². The van der Waals surface area contributed by atoms with E-state index in [4.69, 9.17) is 0 Å². The van der Waals surface area contributed by atoms with E-state index in [0.717, 1.165) is 37.7 Å². The molecule has 110 valence electrons. The SMILES string of the molecule is Cc1ccsc1C(=O)NC1CCCCCCC1C(=O)O. The highest BCUT2D eigenvalue weighted by atomic mass is 32.1. The predicted molar refractivity (Wildman–Crippen MR) is 79.1 cm³/mol. The van der Waals surface area contributed by atoms with Crippen LogP contribution in [-0.2, 0) is 4.79 Å². The van der Waals surface area contributed by atoms with Crippen LogP contribution in [0.5, 0.6) is 0 Å². The Labute approximate surface area is 123 Å². The van der Waals surface area contributed by atoms with Gasteiger partial charge in [0.05, 0.1) is 10.8 Å². The molecule has 5 heteroatoms. The van der Waals surface area contributed by atoms with Crippen LogP contribution in [-0.4, -0.2) is 23.0 Å². The van der Waals surface area contributed by atoms with Gasteiger partial charge in [-0.1, -0.05) is 25.7 Å². The lowest BCUT2D eigenvalue weighted by molar-refractivity contribution is -0.143. The van der Waals surface area contributed by atoms with Crippen molar-refractivity contribution in [2.75, 3.05) is 0 Å². The van der Waals surface area contributed by atoms with Crippen LogP contribution in [0.15, 0.2) is 11.4 Å². The van der Waals surface area contributed by atoms with Crippen molar-refractivity contribution in [2.45, 2.75) is 51.5 Å². The highest BCUT2D eigenvalue weighted by Crippen LogP contribution is 2.24. The number of hydrogen-bond donors (Lipinski definition) is 2. The van der Waals surface area contributed by atoms with Crippen molar-refractivity contribution in [3.8, 4) is 0 Å². The van der Waals surface area contributed by atoms with Crippen molar-refractivity contribution in [3.63, 3.8) is 0 Å².